The third-order valence-electron chi connectivity index (χ3n) is 4.31. The second-order valence-corrected chi connectivity index (χ2v) is 8.15. The Bertz CT molecular complexity index is 983. The molecule has 0 radical (unpaired) electrons. The first-order chi connectivity index (χ1) is 14.0. The first-order valence-electron chi connectivity index (χ1n) is 10.0. The van der Waals surface area contributed by atoms with Crippen LogP contribution in [0.3, 0.4) is 0 Å². The number of carbonyl (C=O) groups is 3. The minimum absolute atomic E-state index is 0.0775. The van der Waals surface area contributed by atoms with E-state index in [0.29, 0.717) is 6.54 Å². The van der Waals surface area contributed by atoms with Crippen LogP contribution < -0.4 is 16.3 Å². The summed E-state index contributed by atoms with van der Waals surface area (Å²) >= 11 is 0. The van der Waals surface area contributed by atoms with E-state index in [-0.39, 0.29) is 18.7 Å². The van der Waals surface area contributed by atoms with Gasteiger partial charge in [0.1, 0.15) is 0 Å². The highest BCUT2D eigenvalue weighted by Gasteiger charge is 2.22. The fourth-order valence-corrected chi connectivity index (χ4v) is 3.03. The van der Waals surface area contributed by atoms with Crippen molar-refractivity contribution in [2.45, 2.75) is 72.2 Å². The number of ether oxygens (including phenoxy) is 1. The van der Waals surface area contributed by atoms with Crippen LogP contribution in [0.25, 0.3) is 11.0 Å². The first kappa shape index (κ1) is 23.2. The minimum atomic E-state index is -1.14. The first-order valence-corrected chi connectivity index (χ1v) is 10.0. The predicted octanol–water partition coefficient (Wildman–Crippen LogP) is 2.16. The van der Waals surface area contributed by atoms with Gasteiger partial charge < -0.3 is 10.1 Å². The van der Waals surface area contributed by atoms with E-state index >= 15 is 0 Å². The van der Waals surface area contributed by atoms with Crippen LogP contribution >= 0.6 is 0 Å². The Morgan fingerprint density at radius 1 is 1.07 bits per heavy atom. The summed E-state index contributed by atoms with van der Waals surface area (Å²) in [6.07, 6.45) is -0.404. The fraction of sp³-hybridized carbons (Fsp3) is 0.524. The third-order valence-corrected chi connectivity index (χ3v) is 4.31. The highest BCUT2D eigenvalue weighted by atomic mass is 16.5. The Labute approximate surface area is 175 Å². The molecule has 0 fully saturated rings. The lowest BCUT2D eigenvalue weighted by Gasteiger charge is -2.21. The maximum absolute atomic E-state index is 12.7. The van der Waals surface area contributed by atoms with Crippen LogP contribution in [0.1, 0.15) is 47.5 Å². The topological polar surface area (TPSA) is 111 Å². The van der Waals surface area contributed by atoms with Gasteiger partial charge in [-0.3, -0.25) is 24.0 Å². The lowest BCUT2D eigenvalue weighted by Crippen LogP contribution is -2.50. The van der Waals surface area contributed by atoms with Crippen LogP contribution in [-0.2, 0) is 27.4 Å². The number of hydrogen-bond acceptors (Lipinski definition) is 5. The zero-order chi connectivity index (χ0) is 22.5. The number of imide groups is 1. The lowest BCUT2D eigenvalue weighted by molar-refractivity contribution is -0.154. The van der Waals surface area contributed by atoms with Crippen molar-refractivity contribution in [2.75, 3.05) is 0 Å². The van der Waals surface area contributed by atoms with Crippen molar-refractivity contribution < 1.29 is 19.1 Å². The number of aromatic nitrogens is 2. The minimum Gasteiger partial charge on any atom is -0.452 e. The number of nitrogens with zero attached hydrogens (tertiary/aromatic N) is 2. The number of benzene rings is 1. The molecule has 1 aromatic carbocycles. The van der Waals surface area contributed by atoms with Gasteiger partial charge in [0.2, 0.25) is 0 Å². The Morgan fingerprint density at radius 2 is 1.63 bits per heavy atom. The zero-order valence-electron chi connectivity index (χ0n) is 18.2. The highest BCUT2D eigenvalue weighted by Crippen LogP contribution is 2.14. The van der Waals surface area contributed by atoms with E-state index in [4.69, 9.17) is 4.74 Å². The molecule has 9 heteroatoms. The number of imidazole rings is 1. The fourth-order valence-electron chi connectivity index (χ4n) is 3.03. The van der Waals surface area contributed by atoms with Crippen molar-refractivity contribution in [3.8, 4) is 0 Å². The van der Waals surface area contributed by atoms with Crippen molar-refractivity contribution in [3.63, 3.8) is 0 Å². The Balaban J connectivity index is 1.98. The second kappa shape index (κ2) is 9.60. The molecule has 1 aromatic heterocycles. The molecule has 0 saturated carbocycles. The van der Waals surface area contributed by atoms with Gasteiger partial charge in [-0.05, 0) is 46.2 Å². The SMILES string of the molecule is CCCn1c(=O)n(CCC(=O)O[C@@H](C)C(=O)NC(=O)NC(C)(C)C)c2ccccc21. The Kier molecular flexibility index (Phi) is 7.42. The van der Waals surface area contributed by atoms with Crippen molar-refractivity contribution in [1.29, 1.82) is 0 Å². The van der Waals surface area contributed by atoms with E-state index in [1.54, 1.807) is 25.3 Å². The molecule has 0 aliphatic rings. The van der Waals surface area contributed by atoms with Gasteiger partial charge in [-0.1, -0.05) is 19.1 Å². The molecule has 0 bridgehead atoms. The number of nitrogens with one attached hydrogen (secondary N) is 2. The summed E-state index contributed by atoms with van der Waals surface area (Å²) in [5, 5.41) is 4.73. The smallest absolute Gasteiger partial charge is 0.329 e. The molecule has 0 aliphatic carbocycles. The molecule has 2 aromatic rings. The Morgan fingerprint density at radius 3 is 2.17 bits per heavy atom. The number of rotatable bonds is 7. The van der Waals surface area contributed by atoms with Gasteiger partial charge in [-0.2, -0.15) is 0 Å². The van der Waals surface area contributed by atoms with Crippen LogP contribution in [0.4, 0.5) is 4.79 Å². The molecule has 164 valence electrons. The average Bonchev–Trinajstić information content (AvgIpc) is 2.90. The monoisotopic (exact) mass is 418 g/mol. The number of fused-ring (bicyclic) bond motifs is 1. The van der Waals surface area contributed by atoms with Crippen LogP contribution in [0.2, 0.25) is 0 Å². The molecule has 1 atom stereocenters. The summed E-state index contributed by atoms with van der Waals surface area (Å²) in [6.45, 7) is 9.43. The summed E-state index contributed by atoms with van der Waals surface area (Å²) in [6, 6.07) is 6.74. The van der Waals surface area contributed by atoms with Gasteiger partial charge in [0, 0.05) is 18.6 Å². The highest BCUT2D eigenvalue weighted by molar-refractivity contribution is 5.97. The maximum atomic E-state index is 12.7. The number of amides is 3. The van der Waals surface area contributed by atoms with Gasteiger partial charge in [0.05, 0.1) is 17.5 Å². The van der Waals surface area contributed by atoms with Gasteiger partial charge in [-0.25, -0.2) is 9.59 Å². The molecule has 0 spiro atoms. The van der Waals surface area contributed by atoms with Crippen LogP contribution in [0.15, 0.2) is 29.1 Å². The summed E-state index contributed by atoms with van der Waals surface area (Å²) in [7, 11) is 0. The van der Waals surface area contributed by atoms with E-state index in [1.807, 2.05) is 31.2 Å². The summed E-state index contributed by atoms with van der Waals surface area (Å²) < 4.78 is 8.34. The number of para-hydroxylation sites is 2. The average molecular weight is 418 g/mol. The zero-order valence-corrected chi connectivity index (χ0v) is 18.2. The lowest BCUT2D eigenvalue weighted by atomic mass is 10.1. The maximum Gasteiger partial charge on any atom is 0.329 e. The molecular formula is C21H30N4O5. The number of aryl methyl sites for hydroxylation is 2. The summed E-state index contributed by atoms with van der Waals surface area (Å²) in [5.41, 5.74) is 0.869. The van der Waals surface area contributed by atoms with E-state index in [1.165, 1.54) is 11.5 Å². The number of urea groups is 1. The normalized spacial score (nSPS) is 12.4. The molecule has 0 saturated heterocycles. The predicted molar refractivity (Wildman–Crippen MR) is 113 cm³/mol. The van der Waals surface area contributed by atoms with Crippen LogP contribution in [0.5, 0.6) is 0 Å². The summed E-state index contributed by atoms with van der Waals surface area (Å²) in [5.74, 6) is -1.35. The van der Waals surface area contributed by atoms with E-state index in [0.717, 1.165) is 17.5 Å². The van der Waals surface area contributed by atoms with Gasteiger partial charge in [-0.15, -0.1) is 0 Å². The van der Waals surface area contributed by atoms with Crippen molar-refractivity contribution >= 4 is 28.9 Å². The molecule has 2 rings (SSSR count). The molecule has 0 unspecified atom stereocenters. The van der Waals surface area contributed by atoms with Gasteiger partial charge >= 0.3 is 17.7 Å². The standard InChI is InChI=1S/C21H30N4O5/c1-6-12-24-15-9-7-8-10-16(15)25(20(24)29)13-11-17(26)30-14(2)18(27)22-19(28)23-21(3,4)5/h7-10,14H,6,11-13H2,1-5H3,(H2,22,23,27,28)/t14-/m0/s1. The van der Waals surface area contributed by atoms with Crippen molar-refractivity contribution in [3.05, 3.63) is 34.7 Å². The molecule has 1 heterocycles. The second-order valence-electron chi connectivity index (χ2n) is 8.15. The number of hydrogen-bond donors (Lipinski definition) is 2. The molecular weight excluding hydrogens is 388 g/mol. The van der Waals surface area contributed by atoms with Gasteiger partial charge in [0.25, 0.3) is 5.91 Å². The Hall–Kier alpha value is -3.10. The van der Waals surface area contributed by atoms with E-state index in [2.05, 4.69) is 10.6 Å². The van der Waals surface area contributed by atoms with Crippen LogP contribution in [-0.4, -0.2) is 38.7 Å². The summed E-state index contributed by atoms with van der Waals surface area (Å²) in [4.78, 5) is 48.7. The number of carbonyl (C=O) groups excluding carboxylic acids is 3. The quantitative estimate of drug-likeness (QED) is 0.670. The van der Waals surface area contributed by atoms with E-state index in [9.17, 15) is 19.2 Å². The molecule has 0 aliphatic heterocycles. The molecule has 3 amide bonds. The largest absolute Gasteiger partial charge is 0.452 e. The van der Waals surface area contributed by atoms with Crippen molar-refractivity contribution in [2.24, 2.45) is 0 Å². The van der Waals surface area contributed by atoms with E-state index < -0.39 is 29.6 Å². The van der Waals surface area contributed by atoms with Crippen LogP contribution in [0, 0.1) is 0 Å². The molecule has 2 N–H and O–H groups in total. The third kappa shape index (κ3) is 5.95. The van der Waals surface area contributed by atoms with Gasteiger partial charge in [0.15, 0.2) is 6.10 Å². The molecule has 30 heavy (non-hydrogen) atoms. The van der Waals surface area contributed by atoms with Crippen molar-refractivity contribution in [1.82, 2.24) is 19.8 Å². The molecule has 9 nitrogen and oxygen atoms in total. The number of esters is 1.